The predicted octanol–water partition coefficient (Wildman–Crippen LogP) is -0.209. The van der Waals surface area contributed by atoms with Gasteiger partial charge in [-0.15, -0.1) is 0 Å². The zero-order valence-corrected chi connectivity index (χ0v) is 10.7. The summed E-state index contributed by atoms with van der Waals surface area (Å²) in [6.45, 7) is 1.46. The van der Waals surface area contributed by atoms with Gasteiger partial charge < -0.3 is 10.4 Å². The van der Waals surface area contributed by atoms with E-state index in [1.165, 1.54) is 6.92 Å². The van der Waals surface area contributed by atoms with Gasteiger partial charge in [0.25, 0.3) is 0 Å². The molecule has 0 radical (unpaired) electrons. The third-order valence-corrected chi connectivity index (χ3v) is 3.88. The number of sulfone groups is 1. The van der Waals surface area contributed by atoms with Crippen LogP contribution in [-0.4, -0.2) is 42.9 Å². The Balaban J connectivity index is 2.57. The van der Waals surface area contributed by atoms with E-state index in [4.69, 9.17) is 5.11 Å². The Kier molecular flexibility index (Phi) is 3.81. The number of rotatable bonds is 6. The lowest BCUT2D eigenvalue weighted by Gasteiger charge is -2.26. The molecule has 0 saturated heterocycles. The Hall–Kier alpha value is -1.11. The molecular weight excluding hydrogens is 246 g/mol. The average molecular weight is 263 g/mol. The van der Waals surface area contributed by atoms with Crippen molar-refractivity contribution < 1.29 is 23.1 Å². The quantitative estimate of drug-likeness (QED) is 0.690. The minimum atomic E-state index is -3.21. The Morgan fingerprint density at radius 2 is 1.94 bits per heavy atom. The van der Waals surface area contributed by atoms with Gasteiger partial charge in [-0.1, -0.05) is 0 Å². The first-order valence-electron chi connectivity index (χ1n) is 5.37. The molecule has 1 unspecified atom stereocenters. The van der Waals surface area contributed by atoms with Gasteiger partial charge in [0.05, 0.1) is 5.75 Å². The zero-order chi connectivity index (χ0) is 13.3. The minimum absolute atomic E-state index is 0.0535. The minimum Gasteiger partial charge on any atom is -0.480 e. The molecule has 1 rings (SSSR count). The van der Waals surface area contributed by atoms with E-state index >= 15 is 0 Å². The second-order valence-corrected chi connectivity index (χ2v) is 6.97. The topological polar surface area (TPSA) is 101 Å². The van der Waals surface area contributed by atoms with Gasteiger partial charge >= 0.3 is 5.97 Å². The van der Waals surface area contributed by atoms with Gasteiger partial charge in [0.2, 0.25) is 5.91 Å². The normalized spacial score (nSPS) is 19.4. The summed E-state index contributed by atoms with van der Waals surface area (Å²) in [4.78, 5) is 22.6. The molecule has 1 aliphatic rings. The van der Waals surface area contributed by atoms with E-state index in [2.05, 4.69) is 5.32 Å². The first-order chi connectivity index (χ1) is 7.65. The van der Waals surface area contributed by atoms with E-state index in [0.717, 1.165) is 19.1 Å². The van der Waals surface area contributed by atoms with Crippen LogP contribution >= 0.6 is 0 Å². The van der Waals surface area contributed by atoms with Gasteiger partial charge in [-0.2, -0.15) is 0 Å². The van der Waals surface area contributed by atoms with Gasteiger partial charge in [-0.25, -0.2) is 13.2 Å². The summed E-state index contributed by atoms with van der Waals surface area (Å²) in [5.41, 5.74) is -1.27. The monoisotopic (exact) mass is 263 g/mol. The van der Waals surface area contributed by atoms with Crippen molar-refractivity contribution in [2.24, 2.45) is 5.92 Å². The number of hydrogen-bond acceptors (Lipinski definition) is 4. The van der Waals surface area contributed by atoms with Gasteiger partial charge in [0.15, 0.2) is 0 Å². The van der Waals surface area contributed by atoms with Gasteiger partial charge in [0, 0.05) is 12.7 Å². The Labute approximate surface area is 100 Å². The molecule has 0 aromatic heterocycles. The fraction of sp³-hybridized carbons (Fsp3) is 0.800. The summed E-state index contributed by atoms with van der Waals surface area (Å²) in [6, 6.07) is 0. The largest absolute Gasteiger partial charge is 0.480 e. The molecule has 1 atom stereocenters. The molecule has 1 aliphatic carbocycles. The van der Waals surface area contributed by atoms with Crippen LogP contribution in [0.2, 0.25) is 0 Å². The van der Waals surface area contributed by atoms with E-state index in [0.29, 0.717) is 0 Å². The molecule has 0 heterocycles. The highest BCUT2D eigenvalue weighted by molar-refractivity contribution is 7.90. The predicted molar refractivity (Wildman–Crippen MR) is 61.2 cm³/mol. The van der Waals surface area contributed by atoms with Crippen LogP contribution in [0.1, 0.15) is 26.2 Å². The summed E-state index contributed by atoms with van der Waals surface area (Å²) in [5.74, 6) is -1.93. The summed E-state index contributed by atoms with van der Waals surface area (Å²) >= 11 is 0. The number of aliphatic carboxylic acids is 1. The highest BCUT2D eigenvalue weighted by atomic mass is 32.2. The highest BCUT2D eigenvalue weighted by Gasteiger charge is 2.48. The van der Waals surface area contributed by atoms with Crippen LogP contribution in [0.15, 0.2) is 0 Å². The Morgan fingerprint density at radius 1 is 1.41 bits per heavy atom. The molecule has 7 heteroatoms. The molecule has 0 aliphatic heterocycles. The van der Waals surface area contributed by atoms with Crippen LogP contribution in [0.5, 0.6) is 0 Å². The molecule has 1 amide bonds. The summed E-state index contributed by atoms with van der Waals surface area (Å²) in [5, 5.41) is 11.5. The maximum Gasteiger partial charge on any atom is 0.329 e. The van der Waals surface area contributed by atoms with Crippen molar-refractivity contribution >= 4 is 21.7 Å². The highest BCUT2D eigenvalue weighted by Crippen LogP contribution is 2.39. The molecule has 1 saturated carbocycles. The molecule has 0 aromatic rings. The van der Waals surface area contributed by atoms with E-state index in [9.17, 15) is 18.0 Å². The van der Waals surface area contributed by atoms with Crippen molar-refractivity contribution in [2.45, 2.75) is 31.7 Å². The lowest BCUT2D eigenvalue weighted by molar-refractivity contribution is -0.147. The summed E-state index contributed by atoms with van der Waals surface area (Å²) in [7, 11) is -3.21. The van der Waals surface area contributed by atoms with Crippen molar-refractivity contribution in [3.05, 3.63) is 0 Å². The first-order valence-corrected chi connectivity index (χ1v) is 7.43. The summed E-state index contributed by atoms with van der Waals surface area (Å²) < 4.78 is 21.8. The zero-order valence-electron chi connectivity index (χ0n) is 9.89. The van der Waals surface area contributed by atoms with Crippen molar-refractivity contribution in [1.29, 1.82) is 0 Å². The van der Waals surface area contributed by atoms with Crippen molar-refractivity contribution in [3.63, 3.8) is 0 Å². The third kappa shape index (κ3) is 3.99. The number of amides is 1. The van der Waals surface area contributed by atoms with Gasteiger partial charge in [-0.05, 0) is 25.7 Å². The fourth-order valence-electron chi connectivity index (χ4n) is 1.62. The SMILES string of the molecule is CC(NC(=O)CCS(C)(=O)=O)(C(=O)O)C1CC1. The smallest absolute Gasteiger partial charge is 0.329 e. The molecule has 1 fully saturated rings. The number of carboxylic acid groups (broad SMARTS) is 1. The number of hydrogen-bond donors (Lipinski definition) is 2. The standard InChI is InChI=1S/C10H17NO5S/c1-10(9(13)14,7-3-4-7)11-8(12)5-6-17(2,15)16/h7H,3-6H2,1-2H3,(H,11,12)(H,13,14). The molecule has 17 heavy (non-hydrogen) atoms. The second-order valence-electron chi connectivity index (χ2n) is 4.71. The molecule has 98 valence electrons. The van der Waals surface area contributed by atoms with Crippen LogP contribution in [-0.2, 0) is 19.4 Å². The van der Waals surface area contributed by atoms with E-state index in [1.54, 1.807) is 0 Å². The van der Waals surface area contributed by atoms with Crippen LogP contribution in [0.25, 0.3) is 0 Å². The van der Waals surface area contributed by atoms with Crippen molar-refractivity contribution in [2.75, 3.05) is 12.0 Å². The van der Waals surface area contributed by atoms with E-state index < -0.39 is 27.3 Å². The molecule has 0 spiro atoms. The van der Waals surface area contributed by atoms with Crippen LogP contribution in [0.3, 0.4) is 0 Å². The number of carbonyl (C=O) groups is 2. The van der Waals surface area contributed by atoms with Crippen LogP contribution < -0.4 is 5.32 Å². The van der Waals surface area contributed by atoms with Gasteiger partial charge in [-0.3, -0.25) is 4.79 Å². The molecule has 2 N–H and O–H groups in total. The Bertz CT molecular complexity index is 426. The van der Waals surface area contributed by atoms with Crippen LogP contribution in [0, 0.1) is 5.92 Å². The molecule has 0 bridgehead atoms. The Morgan fingerprint density at radius 3 is 2.29 bits per heavy atom. The number of nitrogens with one attached hydrogen (secondary N) is 1. The molecule has 6 nitrogen and oxygen atoms in total. The van der Waals surface area contributed by atoms with E-state index in [1.807, 2.05) is 0 Å². The second kappa shape index (κ2) is 4.64. The molecule has 0 aromatic carbocycles. The van der Waals surface area contributed by atoms with E-state index in [-0.39, 0.29) is 18.1 Å². The maximum absolute atomic E-state index is 11.5. The fourth-order valence-corrected chi connectivity index (χ4v) is 2.18. The lowest BCUT2D eigenvalue weighted by atomic mass is 9.96. The lowest BCUT2D eigenvalue weighted by Crippen LogP contribution is -2.54. The van der Waals surface area contributed by atoms with Gasteiger partial charge in [0.1, 0.15) is 15.4 Å². The third-order valence-electron chi connectivity index (χ3n) is 2.94. The van der Waals surface area contributed by atoms with Crippen LogP contribution in [0.4, 0.5) is 0 Å². The number of carbonyl (C=O) groups excluding carboxylic acids is 1. The average Bonchev–Trinajstić information content (AvgIpc) is 2.96. The number of carboxylic acids is 1. The maximum atomic E-state index is 11.5. The summed E-state index contributed by atoms with van der Waals surface area (Å²) in [6.07, 6.45) is 2.39. The van der Waals surface area contributed by atoms with Crippen molar-refractivity contribution in [3.8, 4) is 0 Å². The molecular formula is C10H17NO5S. The van der Waals surface area contributed by atoms with Crippen molar-refractivity contribution in [1.82, 2.24) is 5.32 Å². The first kappa shape index (κ1) is 14.0.